The predicted octanol–water partition coefficient (Wildman–Crippen LogP) is -1.27. The average molecular weight is 364 g/mol. The highest BCUT2D eigenvalue weighted by Crippen LogP contribution is 1.82. The Labute approximate surface area is 149 Å². The van der Waals surface area contributed by atoms with Crippen LogP contribution in [0.4, 0.5) is 0 Å². The molecule has 25 heavy (non-hydrogen) atoms. The van der Waals surface area contributed by atoms with E-state index in [1.54, 1.807) is 0 Å². The average Bonchev–Trinajstić information content (AvgIpc) is 2.58. The fourth-order valence-corrected chi connectivity index (χ4v) is 1.58. The Morgan fingerprint density at radius 3 is 2.04 bits per heavy atom. The molecule has 0 heterocycles. The van der Waals surface area contributed by atoms with Gasteiger partial charge in [0, 0.05) is 19.1 Å². The Hall–Kier alpha value is -1.10. The molecule has 0 aromatic carbocycles. The summed E-state index contributed by atoms with van der Waals surface area (Å²) in [6.07, 6.45) is 0. The number of hydrogen-bond acceptors (Lipinski definition) is 8. The van der Waals surface area contributed by atoms with Crippen LogP contribution in [0.3, 0.4) is 0 Å². The molecule has 0 fully saturated rings. The van der Waals surface area contributed by atoms with Crippen LogP contribution in [0.25, 0.3) is 0 Å². The van der Waals surface area contributed by atoms with Gasteiger partial charge in [-0.05, 0) is 13.8 Å². The number of aliphatic hydroxyl groups is 1. The third kappa shape index (κ3) is 19.1. The Balaban J connectivity index is 3.22. The minimum absolute atomic E-state index is 0.0226. The summed E-state index contributed by atoms with van der Waals surface area (Å²) in [6, 6.07) is 0.0561. The molecule has 0 aliphatic rings. The monoisotopic (exact) mass is 364 g/mol. The second-order valence-corrected chi connectivity index (χ2v) is 5.42. The van der Waals surface area contributed by atoms with Gasteiger partial charge in [0.25, 0.3) is 0 Å². The van der Waals surface area contributed by atoms with E-state index in [0.29, 0.717) is 52.7 Å². The molecule has 0 aromatic rings. The fourth-order valence-electron chi connectivity index (χ4n) is 1.58. The van der Waals surface area contributed by atoms with Gasteiger partial charge in [-0.15, -0.1) is 0 Å². The number of Topliss-reactive ketones (excluding diaryl/α,β-unsaturated/α-hetero) is 1. The zero-order valence-corrected chi connectivity index (χ0v) is 15.3. The molecule has 0 radical (unpaired) electrons. The molecule has 9 nitrogen and oxygen atoms in total. The summed E-state index contributed by atoms with van der Waals surface area (Å²) in [4.78, 5) is 22.1. The number of carbonyl (C=O) groups excluding carboxylic acids is 2. The number of nitrogens with one attached hydrogen (secondary N) is 2. The van der Waals surface area contributed by atoms with Crippen molar-refractivity contribution in [1.29, 1.82) is 0 Å². The van der Waals surface area contributed by atoms with Crippen molar-refractivity contribution in [2.45, 2.75) is 19.9 Å². The highest BCUT2D eigenvalue weighted by molar-refractivity contribution is 5.77. The van der Waals surface area contributed by atoms with Crippen molar-refractivity contribution in [3.63, 3.8) is 0 Å². The molecule has 9 heteroatoms. The molecule has 0 rings (SSSR count). The Kier molecular flexibility index (Phi) is 16.9. The van der Waals surface area contributed by atoms with Gasteiger partial charge in [-0.1, -0.05) is 0 Å². The third-order valence-corrected chi connectivity index (χ3v) is 2.86. The van der Waals surface area contributed by atoms with Crippen molar-refractivity contribution < 1.29 is 33.6 Å². The molecular weight excluding hydrogens is 332 g/mol. The van der Waals surface area contributed by atoms with Crippen LogP contribution >= 0.6 is 0 Å². The first kappa shape index (κ1) is 23.9. The lowest BCUT2D eigenvalue weighted by Crippen LogP contribution is -2.32. The molecule has 148 valence electrons. The summed E-state index contributed by atoms with van der Waals surface area (Å²) in [5.41, 5.74) is 0. The lowest BCUT2D eigenvalue weighted by molar-refractivity contribution is -0.126. The minimum atomic E-state index is -0.213. The zero-order chi connectivity index (χ0) is 18.8. The molecule has 0 aliphatic heterocycles. The highest BCUT2D eigenvalue weighted by atomic mass is 16.5. The predicted molar refractivity (Wildman–Crippen MR) is 91.5 cm³/mol. The Morgan fingerprint density at radius 1 is 0.880 bits per heavy atom. The Bertz CT molecular complexity index is 342. The topological polar surface area (TPSA) is 115 Å². The summed E-state index contributed by atoms with van der Waals surface area (Å²) < 4.78 is 20.8. The summed E-state index contributed by atoms with van der Waals surface area (Å²) in [6.45, 7) is 6.93. The molecule has 0 saturated carbocycles. The fraction of sp³-hybridized carbons (Fsp3) is 0.875. The van der Waals surface area contributed by atoms with Crippen molar-refractivity contribution >= 4 is 11.7 Å². The number of rotatable bonds is 18. The van der Waals surface area contributed by atoms with Crippen molar-refractivity contribution in [2.75, 3.05) is 72.6 Å². The number of hydrogen-bond donors (Lipinski definition) is 3. The van der Waals surface area contributed by atoms with Gasteiger partial charge >= 0.3 is 0 Å². The lowest BCUT2D eigenvalue weighted by Gasteiger charge is -2.11. The number of ketones is 1. The van der Waals surface area contributed by atoms with Crippen molar-refractivity contribution in [2.24, 2.45) is 0 Å². The molecule has 1 unspecified atom stereocenters. The van der Waals surface area contributed by atoms with Crippen LogP contribution < -0.4 is 10.6 Å². The SMILES string of the molecule is CC(=O)COCCOCCNC(=O)COCCOCCNC(C)CO. The first-order chi connectivity index (χ1) is 12.1. The van der Waals surface area contributed by atoms with Crippen molar-refractivity contribution in [3.05, 3.63) is 0 Å². The summed E-state index contributed by atoms with van der Waals surface area (Å²) >= 11 is 0. The maximum atomic E-state index is 11.5. The van der Waals surface area contributed by atoms with E-state index in [-0.39, 0.29) is 37.6 Å². The first-order valence-corrected chi connectivity index (χ1v) is 8.47. The standard InChI is InChI=1S/C16H32N2O7/c1-14(11-19)17-3-5-22-8-10-25-13-16(21)18-4-6-23-7-9-24-12-15(2)20/h14,17,19H,3-13H2,1-2H3,(H,18,21). The van der Waals surface area contributed by atoms with Crippen LogP contribution in [0.2, 0.25) is 0 Å². The number of carbonyl (C=O) groups is 2. The number of aliphatic hydroxyl groups excluding tert-OH is 1. The highest BCUT2D eigenvalue weighted by Gasteiger charge is 2.01. The molecule has 0 aliphatic carbocycles. The van der Waals surface area contributed by atoms with Gasteiger partial charge in [-0.25, -0.2) is 0 Å². The quantitative estimate of drug-likeness (QED) is 0.258. The van der Waals surface area contributed by atoms with E-state index in [1.165, 1.54) is 6.92 Å². The number of ether oxygens (including phenoxy) is 4. The Morgan fingerprint density at radius 2 is 1.44 bits per heavy atom. The molecule has 3 N–H and O–H groups in total. The van der Waals surface area contributed by atoms with Crippen LogP contribution in [0.5, 0.6) is 0 Å². The summed E-state index contributed by atoms with van der Waals surface area (Å²) in [5.74, 6) is -0.236. The van der Waals surface area contributed by atoms with E-state index >= 15 is 0 Å². The molecule has 0 aromatic heterocycles. The van der Waals surface area contributed by atoms with E-state index in [0.717, 1.165) is 0 Å². The maximum Gasteiger partial charge on any atom is 0.246 e. The van der Waals surface area contributed by atoms with Crippen LogP contribution in [-0.4, -0.2) is 95.4 Å². The second kappa shape index (κ2) is 17.7. The van der Waals surface area contributed by atoms with Gasteiger partial charge in [0.2, 0.25) is 5.91 Å². The van der Waals surface area contributed by atoms with Gasteiger partial charge in [-0.3, -0.25) is 9.59 Å². The molecule has 0 bridgehead atoms. The minimum Gasteiger partial charge on any atom is -0.395 e. The summed E-state index contributed by atoms with van der Waals surface area (Å²) in [7, 11) is 0. The smallest absolute Gasteiger partial charge is 0.246 e. The molecule has 0 saturated heterocycles. The van der Waals surface area contributed by atoms with Gasteiger partial charge < -0.3 is 34.7 Å². The zero-order valence-electron chi connectivity index (χ0n) is 15.3. The van der Waals surface area contributed by atoms with Crippen LogP contribution in [0.15, 0.2) is 0 Å². The van der Waals surface area contributed by atoms with Gasteiger partial charge in [-0.2, -0.15) is 0 Å². The van der Waals surface area contributed by atoms with Gasteiger partial charge in [0.15, 0.2) is 5.78 Å². The largest absolute Gasteiger partial charge is 0.395 e. The molecule has 0 spiro atoms. The van der Waals surface area contributed by atoms with Crippen LogP contribution in [0.1, 0.15) is 13.8 Å². The van der Waals surface area contributed by atoms with Gasteiger partial charge in [0.1, 0.15) is 13.2 Å². The van der Waals surface area contributed by atoms with E-state index in [4.69, 9.17) is 24.1 Å². The number of amides is 1. The van der Waals surface area contributed by atoms with Crippen molar-refractivity contribution in [1.82, 2.24) is 10.6 Å². The third-order valence-electron chi connectivity index (χ3n) is 2.86. The maximum absolute atomic E-state index is 11.5. The second-order valence-electron chi connectivity index (χ2n) is 5.42. The van der Waals surface area contributed by atoms with Crippen LogP contribution in [-0.2, 0) is 28.5 Å². The van der Waals surface area contributed by atoms with Gasteiger partial charge in [0.05, 0.1) is 46.2 Å². The normalized spacial score (nSPS) is 12.1. The van der Waals surface area contributed by atoms with Crippen LogP contribution in [0, 0.1) is 0 Å². The summed E-state index contributed by atoms with van der Waals surface area (Å²) in [5, 5.41) is 14.6. The molecule has 1 atom stereocenters. The lowest BCUT2D eigenvalue weighted by atomic mass is 10.4. The van der Waals surface area contributed by atoms with Crippen molar-refractivity contribution in [3.8, 4) is 0 Å². The molecule has 1 amide bonds. The van der Waals surface area contributed by atoms with E-state index in [9.17, 15) is 9.59 Å². The first-order valence-electron chi connectivity index (χ1n) is 8.47. The van der Waals surface area contributed by atoms with E-state index in [2.05, 4.69) is 10.6 Å². The van der Waals surface area contributed by atoms with E-state index in [1.807, 2.05) is 6.92 Å². The molecular formula is C16H32N2O7. The van der Waals surface area contributed by atoms with E-state index < -0.39 is 0 Å².